The SMILES string of the molecule is CCOc1ccc(NC(=O)c2ccc(NC(=O)C(C)(C)CC)cc2)cc1. The molecule has 2 aromatic carbocycles. The standard InChI is InChI=1S/C21H26N2O3/c1-5-21(3,4)20(25)23-17-9-7-15(8-10-17)19(24)22-16-11-13-18(14-12-16)26-6-2/h7-14H,5-6H2,1-4H3,(H,22,24)(H,23,25). The maximum atomic E-state index is 12.3. The number of ether oxygens (including phenoxy) is 1. The molecule has 0 unspecified atom stereocenters. The monoisotopic (exact) mass is 354 g/mol. The van der Waals surface area contributed by atoms with E-state index in [0.717, 1.165) is 12.2 Å². The maximum Gasteiger partial charge on any atom is 0.255 e. The minimum Gasteiger partial charge on any atom is -0.494 e. The summed E-state index contributed by atoms with van der Waals surface area (Å²) in [6.45, 7) is 8.31. The molecule has 0 aliphatic carbocycles. The van der Waals surface area contributed by atoms with Crippen LogP contribution in [-0.4, -0.2) is 18.4 Å². The Kier molecular flexibility index (Phi) is 6.39. The van der Waals surface area contributed by atoms with Crippen molar-refractivity contribution in [3.63, 3.8) is 0 Å². The second-order valence-corrected chi connectivity index (χ2v) is 6.68. The maximum absolute atomic E-state index is 12.3. The quantitative estimate of drug-likeness (QED) is 0.756. The van der Waals surface area contributed by atoms with Gasteiger partial charge in [0.15, 0.2) is 0 Å². The predicted octanol–water partition coefficient (Wildman–Crippen LogP) is 4.71. The molecule has 0 aliphatic heterocycles. The highest BCUT2D eigenvalue weighted by molar-refractivity contribution is 6.04. The molecule has 0 saturated carbocycles. The van der Waals surface area contributed by atoms with Crippen LogP contribution in [0.15, 0.2) is 48.5 Å². The first-order chi connectivity index (χ1) is 12.4. The average Bonchev–Trinajstić information content (AvgIpc) is 2.64. The summed E-state index contributed by atoms with van der Waals surface area (Å²) in [5.74, 6) is 0.521. The summed E-state index contributed by atoms with van der Waals surface area (Å²) in [6, 6.07) is 14.1. The van der Waals surface area contributed by atoms with Gasteiger partial charge in [0.05, 0.1) is 6.61 Å². The number of anilines is 2. The fraction of sp³-hybridized carbons (Fsp3) is 0.333. The van der Waals surface area contributed by atoms with Crippen molar-refractivity contribution in [2.45, 2.75) is 34.1 Å². The van der Waals surface area contributed by atoms with Gasteiger partial charge in [-0.3, -0.25) is 9.59 Å². The van der Waals surface area contributed by atoms with Gasteiger partial charge in [0.1, 0.15) is 5.75 Å². The second-order valence-electron chi connectivity index (χ2n) is 6.68. The molecule has 0 spiro atoms. The second kappa shape index (κ2) is 8.52. The van der Waals surface area contributed by atoms with E-state index in [4.69, 9.17) is 4.74 Å². The lowest BCUT2D eigenvalue weighted by Crippen LogP contribution is -2.29. The number of hydrogen-bond donors (Lipinski definition) is 2. The lowest BCUT2D eigenvalue weighted by atomic mass is 9.89. The van der Waals surface area contributed by atoms with E-state index in [-0.39, 0.29) is 11.8 Å². The number of carbonyl (C=O) groups excluding carboxylic acids is 2. The number of benzene rings is 2. The van der Waals surface area contributed by atoms with Crippen molar-refractivity contribution in [1.82, 2.24) is 0 Å². The molecule has 0 atom stereocenters. The van der Waals surface area contributed by atoms with E-state index in [1.807, 2.05) is 39.8 Å². The Morgan fingerprint density at radius 3 is 1.96 bits per heavy atom. The molecule has 0 aromatic heterocycles. The number of carbonyl (C=O) groups is 2. The molecule has 5 heteroatoms. The first-order valence-electron chi connectivity index (χ1n) is 8.81. The molecule has 0 bridgehead atoms. The molecule has 5 nitrogen and oxygen atoms in total. The van der Waals surface area contributed by atoms with Crippen LogP contribution < -0.4 is 15.4 Å². The Morgan fingerprint density at radius 1 is 0.885 bits per heavy atom. The Labute approximate surface area is 154 Å². The van der Waals surface area contributed by atoms with E-state index in [1.54, 1.807) is 36.4 Å². The van der Waals surface area contributed by atoms with Crippen LogP contribution >= 0.6 is 0 Å². The molecule has 0 aliphatic rings. The van der Waals surface area contributed by atoms with Gasteiger partial charge >= 0.3 is 0 Å². The van der Waals surface area contributed by atoms with Crippen molar-refractivity contribution < 1.29 is 14.3 Å². The van der Waals surface area contributed by atoms with Gasteiger partial charge in [-0.05, 0) is 61.9 Å². The van der Waals surface area contributed by atoms with Gasteiger partial charge in [0.2, 0.25) is 5.91 Å². The molecular weight excluding hydrogens is 328 g/mol. The number of rotatable bonds is 7. The molecule has 2 rings (SSSR count). The highest BCUT2D eigenvalue weighted by atomic mass is 16.5. The van der Waals surface area contributed by atoms with Crippen LogP contribution in [0.4, 0.5) is 11.4 Å². The fourth-order valence-corrected chi connectivity index (χ4v) is 2.17. The van der Waals surface area contributed by atoms with Crippen LogP contribution in [0.5, 0.6) is 5.75 Å². The van der Waals surface area contributed by atoms with Crippen molar-refractivity contribution in [3.05, 3.63) is 54.1 Å². The lowest BCUT2D eigenvalue weighted by molar-refractivity contribution is -0.124. The van der Waals surface area contributed by atoms with Crippen LogP contribution in [0.25, 0.3) is 0 Å². The summed E-state index contributed by atoms with van der Waals surface area (Å²) >= 11 is 0. The summed E-state index contributed by atoms with van der Waals surface area (Å²) < 4.78 is 5.38. The van der Waals surface area contributed by atoms with E-state index in [9.17, 15) is 9.59 Å². The third-order valence-corrected chi connectivity index (χ3v) is 4.33. The van der Waals surface area contributed by atoms with Crippen molar-refractivity contribution in [3.8, 4) is 5.75 Å². The van der Waals surface area contributed by atoms with Gasteiger partial charge < -0.3 is 15.4 Å². The van der Waals surface area contributed by atoms with E-state index in [2.05, 4.69) is 10.6 Å². The smallest absolute Gasteiger partial charge is 0.255 e. The Bertz CT molecular complexity index is 750. The molecular formula is C21H26N2O3. The van der Waals surface area contributed by atoms with Gasteiger partial charge in [-0.2, -0.15) is 0 Å². The van der Waals surface area contributed by atoms with Gasteiger partial charge in [-0.1, -0.05) is 20.8 Å². The summed E-state index contributed by atoms with van der Waals surface area (Å²) in [5, 5.41) is 5.72. The zero-order valence-electron chi connectivity index (χ0n) is 15.8. The van der Waals surface area contributed by atoms with Crippen molar-refractivity contribution in [2.75, 3.05) is 17.2 Å². The van der Waals surface area contributed by atoms with E-state index >= 15 is 0 Å². The highest BCUT2D eigenvalue weighted by Gasteiger charge is 2.25. The Balaban J connectivity index is 1.99. The van der Waals surface area contributed by atoms with Crippen molar-refractivity contribution in [2.24, 2.45) is 5.41 Å². The number of amides is 2. The van der Waals surface area contributed by atoms with Crippen molar-refractivity contribution in [1.29, 1.82) is 0 Å². The van der Waals surface area contributed by atoms with Crippen LogP contribution in [0.3, 0.4) is 0 Å². The number of hydrogen-bond acceptors (Lipinski definition) is 3. The largest absolute Gasteiger partial charge is 0.494 e. The zero-order chi connectivity index (χ0) is 19.2. The highest BCUT2D eigenvalue weighted by Crippen LogP contribution is 2.22. The molecule has 0 fully saturated rings. The molecule has 2 aromatic rings. The summed E-state index contributed by atoms with van der Waals surface area (Å²) in [6.07, 6.45) is 0.751. The van der Waals surface area contributed by atoms with Gasteiger partial charge in [0.25, 0.3) is 5.91 Å². The van der Waals surface area contributed by atoms with Crippen LogP contribution in [0.2, 0.25) is 0 Å². The van der Waals surface area contributed by atoms with Gasteiger partial charge in [-0.25, -0.2) is 0 Å². The molecule has 138 valence electrons. The molecule has 2 amide bonds. The third kappa shape index (κ3) is 5.09. The molecule has 0 radical (unpaired) electrons. The van der Waals surface area contributed by atoms with Gasteiger partial charge in [0, 0.05) is 22.4 Å². The normalized spacial score (nSPS) is 10.9. The number of nitrogens with one attached hydrogen (secondary N) is 2. The third-order valence-electron chi connectivity index (χ3n) is 4.33. The molecule has 2 N–H and O–H groups in total. The first kappa shape index (κ1) is 19.5. The molecule has 0 saturated heterocycles. The van der Waals surface area contributed by atoms with Crippen molar-refractivity contribution >= 4 is 23.2 Å². The average molecular weight is 354 g/mol. The lowest BCUT2D eigenvalue weighted by Gasteiger charge is -2.21. The Hall–Kier alpha value is -2.82. The summed E-state index contributed by atoms with van der Waals surface area (Å²) in [4.78, 5) is 24.5. The van der Waals surface area contributed by atoms with Crippen LogP contribution in [0, 0.1) is 5.41 Å². The van der Waals surface area contributed by atoms with E-state index in [1.165, 1.54) is 0 Å². The topological polar surface area (TPSA) is 67.4 Å². The Morgan fingerprint density at radius 2 is 1.42 bits per heavy atom. The first-order valence-corrected chi connectivity index (χ1v) is 8.81. The van der Waals surface area contributed by atoms with Crippen LogP contribution in [0.1, 0.15) is 44.5 Å². The minimum absolute atomic E-state index is 0.0356. The zero-order valence-corrected chi connectivity index (χ0v) is 15.8. The van der Waals surface area contributed by atoms with Crippen LogP contribution in [-0.2, 0) is 4.79 Å². The minimum atomic E-state index is -0.427. The molecule has 26 heavy (non-hydrogen) atoms. The fourth-order valence-electron chi connectivity index (χ4n) is 2.17. The van der Waals surface area contributed by atoms with Gasteiger partial charge in [-0.15, -0.1) is 0 Å². The summed E-state index contributed by atoms with van der Waals surface area (Å²) in [7, 11) is 0. The predicted molar refractivity (Wildman–Crippen MR) is 105 cm³/mol. The molecule has 0 heterocycles. The van der Waals surface area contributed by atoms with E-state index in [0.29, 0.717) is 23.5 Å². The summed E-state index contributed by atoms with van der Waals surface area (Å²) in [5.41, 5.74) is 1.46. The van der Waals surface area contributed by atoms with E-state index < -0.39 is 5.41 Å².